The lowest BCUT2D eigenvalue weighted by molar-refractivity contribution is 0.0856. The van der Waals surface area contributed by atoms with Crippen molar-refractivity contribution in [1.82, 2.24) is 10.3 Å². The van der Waals surface area contributed by atoms with Crippen LogP contribution in [0.3, 0.4) is 0 Å². The molecule has 0 radical (unpaired) electrons. The largest absolute Gasteiger partial charge is 0.445 e. The van der Waals surface area contributed by atoms with Crippen molar-refractivity contribution >= 4 is 5.91 Å². The van der Waals surface area contributed by atoms with Gasteiger partial charge in [-0.25, -0.2) is 4.98 Å². The molecular formula is C15H24N2O4. The number of amides is 1. The molecule has 6 heteroatoms. The fourth-order valence-electron chi connectivity index (χ4n) is 2.70. The SMILES string of the molecule is CCCC(CCO)CNC(=O)c1ncoc1C1CCCO1. The third-order valence-corrected chi connectivity index (χ3v) is 3.82. The Bertz CT molecular complexity index is 435. The third kappa shape index (κ3) is 4.28. The van der Waals surface area contributed by atoms with E-state index in [2.05, 4.69) is 17.2 Å². The number of nitrogens with one attached hydrogen (secondary N) is 1. The number of carbonyl (C=O) groups is 1. The van der Waals surface area contributed by atoms with E-state index in [9.17, 15) is 4.79 Å². The number of aromatic nitrogens is 1. The molecule has 2 atom stereocenters. The molecule has 1 aliphatic heterocycles. The molecule has 0 bridgehead atoms. The Morgan fingerprint density at radius 1 is 1.57 bits per heavy atom. The first-order chi connectivity index (χ1) is 10.3. The smallest absolute Gasteiger partial charge is 0.273 e. The van der Waals surface area contributed by atoms with Crippen LogP contribution in [0.1, 0.15) is 61.4 Å². The van der Waals surface area contributed by atoms with E-state index >= 15 is 0 Å². The monoisotopic (exact) mass is 296 g/mol. The lowest BCUT2D eigenvalue weighted by Crippen LogP contribution is -2.30. The van der Waals surface area contributed by atoms with Crippen molar-refractivity contribution in [1.29, 1.82) is 0 Å². The maximum atomic E-state index is 12.2. The molecule has 0 aromatic carbocycles. The van der Waals surface area contributed by atoms with E-state index in [1.54, 1.807) is 0 Å². The first kappa shape index (κ1) is 16.0. The quantitative estimate of drug-likeness (QED) is 0.767. The predicted octanol–water partition coefficient (Wildman–Crippen LogP) is 2.05. The molecule has 118 valence electrons. The van der Waals surface area contributed by atoms with Gasteiger partial charge >= 0.3 is 0 Å². The van der Waals surface area contributed by atoms with Gasteiger partial charge in [0, 0.05) is 19.8 Å². The van der Waals surface area contributed by atoms with E-state index in [1.165, 1.54) is 6.39 Å². The summed E-state index contributed by atoms with van der Waals surface area (Å²) in [6.07, 6.45) is 5.69. The molecule has 2 N–H and O–H groups in total. The lowest BCUT2D eigenvalue weighted by Gasteiger charge is -2.15. The van der Waals surface area contributed by atoms with E-state index in [0.717, 1.165) is 25.7 Å². The molecule has 1 fully saturated rings. The molecule has 0 saturated carbocycles. The van der Waals surface area contributed by atoms with E-state index < -0.39 is 0 Å². The van der Waals surface area contributed by atoms with Crippen LogP contribution in [0.25, 0.3) is 0 Å². The number of carbonyl (C=O) groups excluding carboxylic acids is 1. The van der Waals surface area contributed by atoms with Crippen LogP contribution in [-0.2, 0) is 4.74 Å². The molecule has 1 aromatic rings. The van der Waals surface area contributed by atoms with Crippen LogP contribution in [0.2, 0.25) is 0 Å². The molecule has 2 heterocycles. The molecule has 1 aliphatic rings. The molecule has 0 aliphatic carbocycles. The highest BCUT2D eigenvalue weighted by atomic mass is 16.5. The van der Waals surface area contributed by atoms with Crippen molar-refractivity contribution in [2.24, 2.45) is 5.92 Å². The number of aliphatic hydroxyl groups excluding tert-OH is 1. The number of hydrogen-bond donors (Lipinski definition) is 2. The summed E-state index contributed by atoms with van der Waals surface area (Å²) >= 11 is 0. The highest BCUT2D eigenvalue weighted by Gasteiger charge is 2.28. The third-order valence-electron chi connectivity index (χ3n) is 3.82. The van der Waals surface area contributed by atoms with Crippen LogP contribution < -0.4 is 5.32 Å². The number of aliphatic hydroxyl groups is 1. The molecular weight excluding hydrogens is 272 g/mol. The van der Waals surface area contributed by atoms with E-state index in [0.29, 0.717) is 36.9 Å². The van der Waals surface area contributed by atoms with Crippen molar-refractivity contribution < 1.29 is 19.1 Å². The second-order valence-electron chi connectivity index (χ2n) is 5.44. The minimum Gasteiger partial charge on any atom is -0.445 e. The molecule has 6 nitrogen and oxygen atoms in total. The molecule has 21 heavy (non-hydrogen) atoms. The van der Waals surface area contributed by atoms with Crippen LogP contribution in [0.5, 0.6) is 0 Å². The Balaban J connectivity index is 1.92. The molecule has 2 unspecified atom stereocenters. The zero-order chi connectivity index (χ0) is 15.1. The van der Waals surface area contributed by atoms with Gasteiger partial charge in [-0.3, -0.25) is 4.79 Å². The van der Waals surface area contributed by atoms with E-state index in [1.807, 2.05) is 0 Å². The first-order valence-electron chi connectivity index (χ1n) is 7.70. The maximum absolute atomic E-state index is 12.2. The van der Waals surface area contributed by atoms with Crippen LogP contribution in [0.4, 0.5) is 0 Å². The Hall–Kier alpha value is -1.40. The van der Waals surface area contributed by atoms with Gasteiger partial charge < -0.3 is 19.6 Å². The van der Waals surface area contributed by atoms with Crippen LogP contribution in [-0.4, -0.2) is 35.8 Å². The van der Waals surface area contributed by atoms with Gasteiger partial charge in [-0.15, -0.1) is 0 Å². The van der Waals surface area contributed by atoms with Gasteiger partial charge in [-0.1, -0.05) is 13.3 Å². The van der Waals surface area contributed by atoms with Gasteiger partial charge in [0.2, 0.25) is 0 Å². The van der Waals surface area contributed by atoms with Crippen LogP contribution in [0, 0.1) is 5.92 Å². The lowest BCUT2D eigenvalue weighted by atomic mass is 10.0. The fraction of sp³-hybridized carbons (Fsp3) is 0.733. The summed E-state index contributed by atoms with van der Waals surface area (Å²) in [5.74, 6) is 0.592. The topological polar surface area (TPSA) is 84.6 Å². The van der Waals surface area contributed by atoms with Gasteiger partial charge in [-0.05, 0) is 31.6 Å². The summed E-state index contributed by atoms with van der Waals surface area (Å²) in [5.41, 5.74) is 0.321. The summed E-state index contributed by atoms with van der Waals surface area (Å²) in [5, 5.41) is 11.9. The zero-order valence-electron chi connectivity index (χ0n) is 12.5. The predicted molar refractivity (Wildman–Crippen MR) is 76.9 cm³/mol. The number of rotatable bonds is 8. The highest BCUT2D eigenvalue weighted by Crippen LogP contribution is 2.30. The molecule has 0 spiro atoms. The van der Waals surface area contributed by atoms with E-state index in [4.69, 9.17) is 14.3 Å². The van der Waals surface area contributed by atoms with Gasteiger partial charge in [0.25, 0.3) is 5.91 Å². The number of nitrogens with zero attached hydrogens (tertiary/aromatic N) is 1. The van der Waals surface area contributed by atoms with Gasteiger partial charge in [0.1, 0.15) is 6.10 Å². The summed E-state index contributed by atoms with van der Waals surface area (Å²) < 4.78 is 10.9. The Morgan fingerprint density at radius 3 is 3.10 bits per heavy atom. The van der Waals surface area contributed by atoms with Gasteiger partial charge in [0.15, 0.2) is 17.8 Å². The van der Waals surface area contributed by atoms with Crippen molar-refractivity contribution in [2.45, 2.75) is 45.1 Å². The average molecular weight is 296 g/mol. The standard InChI is InChI=1S/C15H24N2O4/c1-2-4-11(6-7-18)9-16-15(19)13-14(21-10-17-13)12-5-3-8-20-12/h10-12,18H,2-9H2,1H3,(H,16,19). The fourth-order valence-corrected chi connectivity index (χ4v) is 2.70. The Kier molecular flexibility index (Phi) is 6.20. The Morgan fingerprint density at radius 2 is 2.43 bits per heavy atom. The summed E-state index contributed by atoms with van der Waals surface area (Å²) in [6.45, 7) is 3.48. The minimum absolute atomic E-state index is 0.145. The minimum atomic E-state index is -0.228. The first-order valence-corrected chi connectivity index (χ1v) is 7.70. The van der Waals surface area contributed by atoms with Crippen molar-refractivity contribution in [3.05, 3.63) is 17.8 Å². The van der Waals surface area contributed by atoms with Gasteiger partial charge in [-0.2, -0.15) is 0 Å². The highest BCUT2D eigenvalue weighted by molar-refractivity contribution is 5.93. The number of hydrogen-bond acceptors (Lipinski definition) is 5. The van der Waals surface area contributed by atoms with E-state index in [-0.39, 0.29) is 18.6 Å². The van der Waals surface area contributed by atoms with Crippen molar-refractivity contribution in [3.63, 3.8) is 0 Å². The molecule has 1 amide bonds. The number of oxazole rings is 1. The van der Waals surface area contributed by atoms with Crippen molar-refractivity contribution in [2.75, 3.05) is 19.8 Å². The maximum Gasteiger partial charge on any atom is 0.273 e. The second-order valence-corrected chi connectivity index (χ2v) is 5.44. The second kappa shape index (κ2) is 8.14. The average Bonchev–Trinajstić information content (AvgIpc) is 3.14. The molecule has 1 aromatic heterocycles. The van der Waals surface area contributed by atoms with Crippen LogP contribution >= 0.6 is 0 Å². The summed E-state index contributed by atoms with van der Waals surface area (Å²) in [7, 11) is 0. The molecule has 2 rings (SSSR count). The molecule has 1 saturated heterocycles. The number of ether oxygens (including phenoxy) is 1. The van der Waals surface area contributed by atoms with Gasteiger partial charge in [0.05, 0.1) is 0 Å². The summed E-state index contributed by atoms with van der Waals surface area (Å²) in [4.78, 5) is 16.3. The zero-order valence-corrected chi connectivity index (χ0v) is 12.5. The van der Waals surface area contributed by atoms with Crippen LogP contribution in [0.15, 0.2) is 10.8 Å². The van der Waals surface area contributed by atoms with Crippen molar-refractivity contribution in [3.8, 4) is 0 Å². The summed E-state index contributed by atoms with van der Waals surface area (Å²) in [6, 6.07) is 0. The normalized spacial score (nSPS) is 19.6. The Labute approximate surface area is 124 Å².